The van der Waals surface area contributed by atoms with E-state index in [1.807, 2.05) is 49.4 Å². The van der Waals surface area contributed by atoms with Crippen molar-refractivity contribution in [1.29, 1.82) is 0 Å². The van der Waals surface area contributed by atoms with Crippen molar-refractivity contribution in [2.75, 3.05) is 13.2 Å². The van der Waals surface area contributed by atoms with Crippen molar-refractivity contribution in [3.63, 3.8) is 0 Å². The third kappa shape index (κ3) is 4.65. The number of nitrogens with one attached hydrogen (secondary N) is 1. The highest BCUT2D eigenvalue weighted by Crippen LogP contribution is 2.32. The van der Waals surface area contributed by atoms with E-state index < -0.39 is 0 Å². The first-order valence-electron chi connectivity index (χ1n) is 10.6. The van der Waals surface area contributed by atoms with Gasteiger partial charge in [-0.3, -0.25) is 4.79 Å². The zero-order valence-electron chi connectivity index (χ0n) is 17.4. The number of rotatable bonds is 7. The van der Waals surface area contributed by atoms with Gasteiger partial charge in [-0.05, 0) is 31.7 Å². The maximum absolute atomic E-state index is 12.7. The molecule has 3 aromatic rings. The van der Waals surface area contributed by atoms with E-state index in [9.17, 15) is 4.79 Å². The van der Waals surface area contributed by atoms with Crippen molar-refractivity contribution in [3.8, 4) is 11.4 Å². The lowest BCUT2D eigenvalue weighted by atomic mass is 10.1. The van der Waals surface area contributed by atoms with Crippen LogP contribution in [0.3, 0.4) is 0 Å². The Kier molecular flexibility index (Phi) is 6.65. The van der Waals surface area contributed by atoms with Gasteiger partial charge in [0, 0.05) is 24.1 Å². The van der Waals surface area contributed by atoms with Crippen LogP contribution in [0.4, 0.5) is 0 Å². The maximum Gasteiger partial charge on any atom is 0.233 e. The van der Waals surface area contributed by atoms with Gasteiger partial charge in [-0.2, -0.15) is 0 Å². The molecule has 0 radical (unpaired) electrons. The molecule has 1 aromatic heterocycles. The summed E-state index contributed by atoms with van der Waals surface area (Å²) in [5, 5.41) is 4.61. The van der Waals surface area contributed by atoms with Gasteiger partial charge in [0.25, 0.3) is 0 Å². The van der Waals surface area contributed by atoms with Gasteiger partial charge < -0.3 is 10.1 Å². The molecule has 0 spiro atoms. The predicted molar refractivity (Wildman–Crippen MR) is 122 cm³/mol. The molecule has 1 aliphatic heterocycles. The highest BCUT2D eigenvalue weighted by molar-refractivity contribution is 8.00. The van der Waals surface area contributed by atoms with Crippen LogP contribution in [-0.4, -0.2) is 40.4 Å². The molecular weight excluding hydrogens is 394 g/mol. The molecule has 1 N–H and O–H groups in total. The number of carbonyl (C=O) groups is 1. The van der Waals surface area contributed by atoms with Crippen LogP contribution < -0.4 is 5.32 Å². The second kappa shape index (κ2) is 9.58. The fourth-order valence-corrected chi connectivity index (χ4v) is 4.62. The van der Waals surface area contributed by atoms with Crippen LogP contribution in [0, 0.1) is 0 Å². The summed E-state index contributed by atoms with van der Waals surface area (Å²) in [7, 11) is 0. The van der Waals surface area contributed by atoms with Gasteiger partial charge in [0.15, 0.2) is 5.82 Å². The smallest absolute Gasteiger partial charge is 0.233 e. The minimum atomic E-state index is -0.265. The van der Waals surface area contributed by atoms with E-state index in [1.165, 1.54) is 17.3 Å². The quantitative estimate of drug-likeness (QED) is 0.445. The minimum Gasteiger partial charge on any atom is -0.376 e. The number of benzene rings is 2. The summed E-state index contributed by atoms with van der Waals surface area (Å²) >= 11 is 1.49. The molecule has 156 valence electrons. The first kappa shape index (κ1) is 20.8. The van der Waals surface area contributed by atoms with Crippen LogP contribution in [0.5, 0.6) is 0 Å². The molecule has 0 saturated carbocycles. The fraction of sp³-hybridized carbons (Fsp3) is 0.375. The molecule has 0 aliphatic carbocycles. The van der Waals surface area contributed by atoms with Crippen LogP contribution in [0.15, 0.2) is 53.6 Å². The summed E-state index contributed by atoms with van der Waals surface area (Å²) in [4.78, 5) is 22.4. The minimum absolute atomic E-state index is 0.00942. The summed E-state index contributed by atoms with van der Waals surface area (Å²) in [6, 6.07) is 16.2. The summed E-state index contributed by atoms with van der Waals surface area (Å²) in [5.74, 6) is 0.702. The Balaban J connectivity index is 1.62. The maximum atomic E-state index is 12.7. The lowest BCUT2D eigenvalue weighted by Crippen LogP contribution is -2.36. The molecule has 0 unspecified atom stereocenters. The van der Waals surface area contributed by atoms with Gasteiger partial charge >= 0.3 is 0 Å². The standard InChI is InChI=1S/C24H27N3O2S/c1-3-17-11-7-13-20-21(17)26-22(18-9-5-4-6-10-18)27-24(20)30-16(2)23(28)25-15-19-12-8-14-29-19/h4-7,9-11,13,16,19H,3,8,12,14-15H2,1-2H3,(H,25,28)/t16-,19-/m0/s1. The normalized spacial score (nSPS) is 17.2. The fourth-order valence-electron chi connectivity index (χ4n) is 3.66. The Hall–Kier alpha value is -2.44. The van der Waals surface area contributed by atoms with Gasteiger partial charge in [0.2, 0.25) is 5.91 Å². The van der Waals surface area contributed by atoms with Crippen LogP contribution >= 0.6 is 11.8 Å². The second-order valence-electron chi connectivity index (χ2n) is 7.53. The van der Waals surface area contributed by atoms with Crippen molar-refractivity contribution in [2.24, 2.45) is 0 Å². The number of fused-ring (bicyclic) bond motifs is 1. The van der Waals surface area contributed by atoms with E-state index in [1.54, 1.807) is 0 Å². The molecule has 1 amide bonds. The first-order chi connectivity index (χ1) is 14.7. The van der Waals surface area contributed by atoms with Crippen molar-refractivity contribution >= 4 is 28.6 Å². The summed E-state index contributed by atoms with van der Waals surface area (Å²) in [6.45, 7) is 5.42. The van der Waals surface area contributed by atoms with E-state index >= 15 is 0 Å². The van der Waals surface area contributed by atoms with Crippen LogP contribution in [0.25, 0.3) is 22.3 Å². The van der Waals surface area contributed by atoms with Crippen molar-refractivity contribution in [3.05, 3.63) is 54.1 Å². The van der Waals surface area contributed by atoms with Crippen molar-refractivity contribution in [2.45, 2.75) is 49.5 Å². The number of aromatic nitrogens is 2. The lowest BCUT2D eigenvalue weighted by molar-refractivity contribution is -0.120. The van der Waals surface area contributed by atoms with E-state index in [0.717, 1.165) is 47.4 Å². The second-order valence-corrected chi connectivity index (χ2v) is 8.86. The molecule has 0 bridgehead atoms. The highest BCUT2D eigenvalue weighted by Gasteiger charge is 2.21. The average Bonchev–Trinajstić information content (AvgIpc) is 3.31. The molecule has 6 heteroatoms. The molecule has 1 aliphatic rings. The van der Waals surface area contributed by atoms with Crippen LogP contribution in [0.1, 0.15) is 32.3 Å². The number of thioether (sulfide) groups is 1. The monoisotopic (exact) mass is 421 g/mol. The Bertz CT molecular complexity index is 1020. The Morgan fingerprint density at radius 3 is 2.77 bits per heavy atom. The number of para-hydroxylation sites is 1. The number of hydrogen-bond acceptors (Lipinski definition) is 5. The van der Waals surface area contributed by atoms with Crippen LogP contribution in [-0.2, 0) is 16.0 Å². The number of hydrogen-bond donors (Lipinski definition) is 1. The van der Waals surface area contributed by atoms with E-state index in [0.29, 0.717) is 12.4 Å². The van der Waals surface area contributed by atoms with E-state index in [-0.39, 0.29) is 17.3 Å². The van der Waals surface area contributed by atoms with Gasteiger partial charge in [0.05, 0.1) is 16.9 Å². The SMILES string of the molecule is CCc1cccc2c(S[C@@H](C)C(=O)NC[C@@H]3CCCO3)nc(-c3ccccc3)nc12. The number of ether oxygens (including phenoxy) is 1. The van der Waals surface area contributed by atoms with Gasteiger partial charge in [-0.25, -0.2) is 9.97 Å². The van der Waals surface area contributed by atoms with Crippen molar-refractivity contribution in [1.82, 2.24) is 15.3 Å². The highest BCUT2D eigenvalue weighted by atomic mass is 32.2. The topological polar surface area (TPSA) is 64.1 Å². The average molecular weight is 422 g/mol. The molecule has 1 saturated heterocycles. The number of carbonyl (C=O) groups excluding carboxylic acids is 1. The third-order valence-electron chi connectivity index (χ3n) is 5.37. The van der Waals surface area contributed by atoms with Gasteiger partial charge in [-0.1, -0.05) is 67.2 Å². The van der Waals surface area contributed by atoms with Gasteiger partial charge in [0.1, 0.15) is 5.03 Å². The molecule has 1 fully saturated rings. The molecule has 30 heavy (non-hydrogen) atoms. The lowest BCUT2D eigenvalue weighted by Gasteiger charge is -2.16. The summed E-state index contributed by atoms with van der Waals surface area (Å²) < 4.78 is 5.61. The zero-order valence-corrected chi connectivity index (χ0v) is 18.2. The molecule has 2 atom stereocenters. The molecule has 4 rings (SSSR count). The molecular formula is C24H27N3O2S. The molecule has 2 aromatic carbocycles. The number of nitrogens with zero attached hydrogens (tertiary/aromatic N) is 2. The molecule has 2 heterocycles. The Labute approximate surface area is 181 Å². The first-order valence-corrected chi connectivity index (χ1v) is 11.4. The zero-order chi connectivity index (χ0) is 20.9. The largest absolute Gasteiger partial charge is 0.376 e. The third-order valence-corrected chi connectivity index (χ3v) is 6.48. The van der Waals surface area contributed by atoms with Gasteiger partial charge in [-0.15, -0.1) is 0 Å². The number of amides is 1. The summed E-state index contributed by atoms with van der Waals surface area (Å²) in [5.41, 5.74) is 3.12. The predicted octanol–water partition coefficient (Wildman–Crippen LogP) is 4.64. The number of aryl methyl sites for hydroxylation is 1. The Morgan fingerprint density at radius 1 is 1.20 bits per heavy atom. The van der Waals surface area contributed by atoms with Crippen LogP contribution in [0.2, 0.25) is 0 Å². The van der Waals surface area contributed by atoms with Crippen molar-refractivity contribution < 1.29 is 9.53 Å². The molecule has 5 nitrogen and oxygen atoms in total. The van der Waals surface area contributed by atoms with E-state index in [2.05, 4.69) is 18.3 Å². The Morgan fingerprint density at radius 2 is 2.03 bits per heavy atom. The summed E-state index contributed by atoms with van der Waals surface area (Å²) in [6.07, 6.45) is 3.12. The van der Waals surface area contributed by atoms with E-state index in [4.69, 9.17) is 14.7 Å².